The number of carbonyl (C=O) groups excluding carboxylic acids is 1. The number of thioether (sulfide) groups is 1. The molecule has 0 aliphatic heterocycles. The van der Waals surface area contributed by atoms with Gasteiger partial charge in [0.05, 0.1) is 23.3 Å². The number of halogens is 1. The number of benzene rings is 1. The zero-order chi connectivity index (χ0) is 18.8. The molecule has 0 aliphatic carbocycles. The Bertz CT molecular complexity index is 1050. The van der Waals surface area contributed by atoms with Crippen LogP contribution in [-0.2, 0) is 4.79 Å². The molecule has 0 atom stereocenters. The van der Waals surface area contributed by atoms with E-state index in [-0.39, 0.29) is 17.2 Å². The third-order valence-corrected chi connectivity index (χ3v) is 6.06. The number of methoxy groups -OCH3 is 1. The van der Waals surface area contributed by atoms with Gasteiger partial charge in [0, 0.05) is 10.6 Å². The van der Waals surface area contributed by atoms with E-state index in [9.17, 15) is 9.59 Å². The van der Waals surface area contributed by atoms with Crippen molar-refractivity contribution in [3.8, 4) is 5.75 Å². The monoisotopic (exact) mass is 409 g/mol. The highest BCUT2D eigenvalue weighted by atomic mass is 35.5. The lowest BCUT2D eigenvalue weighted by molar-refractivity contribution is -0.113. The maximum Gasteiger partial charge on any atom is 0.260 e. The van der Waals surface area contributed by atoms with E-state index in [1.165, 1.54) is 30.2 Å². The van der Waals surface area contributed by atoms with Crippen LogP contribution in [0.5, 0.6) is 5.75 Å². The number of nitrogens with zero attached hydrogens (tertiary/aromatic N) is 1. The first-order chi connectivity index (χ1) is 12.4. The SMILES string of the molecule is COc1ccc(NC(=O)CSc2nc3sc(C)c(C)c3c(=O)[nH]2)cc1Cl. The molecule has 136 valence electrons. The first-order valence-electron chi connectivity index (χ1n) is 7.65. The summed E-state index contributed by atoms with van der Waals surface area (Å²) in [6, 6.07) is 5.00. The molecule has 26 heavy (non-hydrogen) atoms. The normalized spacial score (nSPS) is 10.9. The molecule has 1 aromatic carbocycles. The third kappa shape index (κ3) is 3.87. The number of thiophene rings is 1. The Morgan fingerprint density at radius 2 is 2.19 bits per heavy atom. The van der Waals surface area contributed by atoms with Gasteiger partial charge in [0.15, 0.2) is 5.16 Å². The number of anilines is 1. The van der Waals surface area contributed by atoms with Gasteiger partial charge in [-0.25, -0.2) is 4.98 Å². The van der Waals surface area contributed by atoms with Crippen molar-refractivity contribution in [1.29, 1.82) is 0 Å². The van der Waals surface area contributed by atoms with Crippen molar-refractivity contribution in [3.05, 3.63) is 44.0 Å². The van der Waals surface area contributed by atoms with E-state index >= 15 is 0 Å². The predicted molar refractivity (Wildman–Crippen MR) is 107 cm³/mol. The zero-order valence-corrected chi connectivity index (χ0v) is 16.7. The number of carbonyl (C=O) groups is 1. The second kappa shape index (κ2) is 7.69. The number of fused-ring (bicyclic) bond motifs is 1. The second-order valence-corrected chi connectivity index (χ2v) is 8.10. The maximum atomic E-state index is 12.2. The summed E-state index contributed by atoms with van der Waals surface area (Å²) in [4.78, 5) is 33.3. The number of aromatic amines is 1. The van der Waals surface area contributed by atoms with Crippen LogP contribution in [0, 0.1) is 13.8 Å². The minimum Gasteiger partial charge on any atom is -0.495 e. The number of aryl methyl sites for hydroxylation is 2. The van der Waals surface area contributed by atoms with E-state index in [0.29, 0.717) is 31.8 Å². The van der Waals surface area contributed by atoms with Crippen LogP contribution in [0.1, 0.15) is 10.4 Å². The molecule has 0 saturated carbocycles. The van der Waals surface area contributed by atoms with Gasteiger partial charge in [-0.15, -0.1) is 11.3 Å². The van der Waals surface area contributed by atoms with Gasteiger partial charge in [-0.2, -0.15) is 0 Å². The van der Waals surface area contributed by atoms with Gasteiger partial charge >= 0.3 is 0 Å². The van der Waals surface area contributed by atoms with Crippen molar-refractivity contribution in [2.75, 3.05) is 18.2 Å². The summed E-state index contributed by atoms with van der Waals surface area (Å²) in [6.07, 6.45) is 0. The van der Waals surface area contributed by atoms with Gasteiger partial charge < -0.3 is 15.0 Å². The van der Waals surface area contributed by atoms with Crippen LogP contribution in [-0.4, -0.2) is 28.7 Å². The first-order valence-corrected chi connectivity index (χ1v) is 9.83. The first kappa shape index (κ1) is 18.8. The van der Waals surface area contributed by atoms with Crippen LogP contribution in [0.4, 0.5) is 5.69 Å². The summed E-state index contributed by atoms with van der Waals surface area (Å²) < 4.78 is 5.08. The van der Waals surface area contributed by atoms with Crippen LogP contribution >= 0.6 is 34.7 Å². The second-order valence-electron chi connectivity index (χ2n) is 5.52. The number of hydrogen-bond acceptors (Lipinski definition) is 6. The van der Waals surface area contributed by atoms with Crippen LogP contribution in [0.15, 0.2) is 28.2 Å². The molecular formula is C17H16ClN3O3S2. The van der Waals surface area contributed by atoms with Crippen molar-refractivity contribution >= 4 is 56.5 Å². The zero-order valence-electron chi connectivity index (χ0n) is 14.3. The number of amides is 1. The van der Waals surface area contributed by atoms with Gasteiger partial charge in [0.25, 0.3) is 5.56 Å². The average molecular weight is 410 g/mol. The van der Waals surface area contributed by atoms with E-state index in [1.807, 2.05) is 13.8 Å². The standard InChI is InChI=1S/C17H16ClN3O3S2/c1-8-9(2)26-16-14(8)15(23)20-17(21-16)25-7-13(22)19-10-4-5-12(24-3)11(18)6-10/h4-6H,7H2,1-3H3,(H,19,22)(H,20,21,23). The smallest absolute Gasteiger partial charge is 0.260 e. The molecule has 9 heteroatoms. The minimum atomic E-state index is -0.225. The van der Waals surface area contributed by atoms with Crippen LogP contribution in [0.25, 0.3) is 10.2 Å². The molecule has 0 radical (unpaired) electrons. The molecule has 2 N–H and O–H groups in total. The number of ether oxygens (including phenoxy) is 1. The average Bonchev–Trinajstić information content (AvgIpc) is 2.88. The van der Waals surface area contributed by atoms with Gasteiger partial charge in [-0.1, -0.05) is 23.4 Å². The fraction of sp³-hybridized carbons (Fsp3) is 0.235. The van der Waals surface area contributed by atoms with Crippen LogP contribution in [0.2, 0.25) is 5.02 Å². The minimum absolute atomic E-state index is 0.113. The van der Waals surface area contributed by atoms with Crippen molar-refractivity contribution in [3.63, 3.8) is 0 Å². The molecule has 1 amide bonds. The third-order valence-electron chi connectivity index (χ3n) is 3.79. The highest BCUT2D eigenvalue weighted by molar-refractivity contribution is 7.99. The summed E-state index contributed by atoms with van der Waals surface area (Å²) in [5.74, 6) is 0.426. The van der Waals surface area contributed by atoms with E-state index in [2.05, 4.69) is 15.3 Å². The lowest BCUT2D eigenvalue weighted by Crippen LogP contribution is -2.15. The van der Waals surface area contributed by atoms with E-state index in [4.69, 9.17) is 16.3 Å². The molecule has 0 saturated heterocycles. The molecule has 3 rings (SSSR count). The van der Waals surface area contributed by atoms with Gasteiger partial charge in [-0.05, 0) is 37.6 Å². The summed E-state index contributed by atoms with van der Waals surface area (Å²) in [5.41, 5.74) is 1.34. The number of aromatic nitrogens is 2. The Balaban J connectivity index is 1.69. The van der Waals surface area contributed by atoms with Crippen molar-refractivity contribution in [1.82, 2.24) is 9.97 Å². The van der Waals surface area contributed by atoms with Crippen LogP contribution < -0.4 is 15.6 Å². The Labute approximate surface area is 162 Å². The Kier molecular flexibility index (Phi) is 5.55. The molecule has 2 aromatic heterocycles. The molecule has 2 heterocycles. The maximum absolute atomic E-state index is 12.2. The summed E-state index contributed by atoms with van der Waals surface area (Å²) >= 11 is 8.70. The molecule has 6 nitrogen and oxygen atoms in total. The lowest BCUT2D eigenvalue weighted by Gasteiger charge is -2.08. The number of H-pyrrole nitrogens is 1. The van der Waals surface area contributed by atoms with Crippen molar-refractivity contribution in [2.24, 2.45) is 0 Å². The number of rotatable bonds is 5. The van der Waals surface area contributed by atoms with Gasteiger partial charge in [-0.3, -0.25) is 9.59 Å². The largest absolute Gasteiger partial charge is 0.495 e. The summed E-state index contributed by atoms with van der Waals surface area (Å²) in [5, 5.41) is 4.21. The highest BCUT2D eigenvalue weighted by Crippen LogP contribution is 2.28. The lowest BCUT2D eigenvalue weighted by atomic mass is 10.2. The number of hydrogen-bond donors (Lipinski definition) is 2. The molecule has 0 unspecified atom stereocenters. The van der Waals surface area contributed by atoms with E-state index in [0.717, 1.165) is 10.4 Å². The molecule has 0 bridgehead atoms. The van der Waals surface area contributed by atoms with Crippen molar-refractivity contribution < 1.29 is 9.53 Å². The fourth-order valence-electron chi connectivity index (χ4n) is 2.38. The fourth-order valence-corrected chi connectivity index (χ4v) is 4.38. The predicted octanol–water partition coefficient (Wildman–Crippen LogP) is 3.99. The van der Waals surface area contributed by atoms with E-state index in [1.54, 1.807) is 18.2 Å². The Hall–Kier alpha value is -2.03. The molecule has 0 aliphatic rings. The Morgan fingerprint density at radius 3 is 2.88 bits per heavy atom. The van der Waals surface area contributed by atoms with Crippen molar-refractivity contribution in [2.45, 2.75) is 19.0 Å². The Morgan fingerprint density at radius 1 is 1.42 bits per heavy atom. The van der Waals surface area contributed by atoms with Gasteiger partial charge in [0.2, 0.25) is 5.91 Å². The molecule has 3 aromatic rings. The molecular weight excluding hydrogens is 394 g/mol. The topological polar surface area (TPSA) is 84.1 Å². The highest BCUT2D eigenvalue weighted by Gasteiger charge is 2.13. The van der Waals surface area contributed by atoms with E-state index < -0.39 is 0 Å². The summed E-state index contributed by atoms with van der Waals surface area (Å²) in [7, 11) is 1.53. The summed E-state index contributed by atoms with van der Waals surface area (Å²) in [6.45, 7) is 3.87. The quantitative estimate of drug-likeness (QED) is 0.491. The molecule has 0 fully saturated rings. The van der Waals surface area contributed by atoms with Crippen LogP contribution in [0.3, 0.4) is 0 Å². The molecule has 0 spiro atoms. The van der Waals surface area contributed by atoms with Gasteiger partial charge in [0.1, 0.15) is 10.6 Å². The number of nitrogens with one attached hydrogen (secondary N) is 2.